The van der Waals surface area contributed by atoms with Gasteiger partial charge in [-0.25, -0.2) is 14.3 Å². The van der Waals surface area contributed by atoms with E-state index in [2.05, 4.69) is 10.4 Å². The van der Waals surface area contributed by atoms with E-state index in [9.17, 15) is 14.4 Å². The molecule has 1 N–H and O–H groups in total. The van der Waals surface area contributed by atoms with Crippen molar-refractivity contribution >= 4 is 17.9 Å². The fourth-order valence-corrected chi connectivity index (χ4v) is 3.06. The van der Waals surface area contributed by atoms with Crippen LogP contribution in [0.5, 0.6) is 0 Å². The quantitative estimate of drug-likeness (QED) is 0.813. The van der Waals surface area contributed by atoms with Crippen LogP contribution in [0.3, 0.4) is 0 Å². The van der Waals surface area contributed by atoms with Crippen molar-refractivity contribution in [1.29, 1.82) is 0 Å². The zero-order valence-corrected chi connectivity index (χ0v) is 14.9. The van der Waals surface area contributed by atoms with E-state index in [1.807, 2.05) is 30.3 Å². The smallest absolute Gasteiger partial charge is 0.357 e. The van der Waals surface area contributed by atoms with Crippen molar-refractivity contribution in [3.63, 3.8) is 0 Å². The first-order valence-corrected chi connectivity index (χ1v) is 9.00. The fraction of sp³-hybridized carbons (Fsp3) is 0.368. The highest BCUT2D eigenvalue weighted by molar-refractivity contribution is 5.99. The number of carbonyl (C=O) groups excluding carboxylic acids is 3. The monoisotopic (exact) mass is 368 g/mol. The standard InChI is InChI=1S/C19H20N4O4/c1-12(17(24)22-10-9-20-19(22)26)27-18(25)16-11-15(13-7-8-13)21-23(16)14-5-3-2-4-6-14/h2-6,11-13H,7-10H2,1H3,(H,20,26). The van der Waals surface area contributed by atoms with Crippen LogP contribution in [0.15, 0.2) is 36.4 Å². The van der Waals surface area contributed by atoms with Gasteiger partial charge >= 0.3 is 12.0 Å². The number of hydrogen-bond acceptors (Lipinski definition) is 5. The summed E-state index contributed by atoms with van der Waals surface area (Å²) < 4.78 is 6.91. The van der Waals surface area contributed by atoms with Gasteiger partial charge in [0.1, 0.15) is 0 Å². The summed E-state index contributed by atoms with van der Waals surface area (Å²) in [4.78, 5) is 37.8. The van der Waals surface area contributed by atoms with Crippen molar-refractivity contribution in [2.24, 2.45) is 0 Å². The average Bonchev–Trinajstić information content (AvgIpc) is 3.28. The number of carbonyl (C=O) groups is 3. The molecule has 2 aromatic rings. The van der Waals surface area contributed by atoms with Crippen LogP contribution in [-0.4, -0.2) is 51.8 Å². The molecule has 3 amide bonds. The van der Waals surface area contributed by atoms with E-state index in [0.717, 1.165) is 29.1 Å². The number of rotatable bonds is 5. The first kappa shape index (κ1) is 17.3. The Balaban J connectivity index is 1.56. The number of nitrogens with one attached hydrogen (secondary N) is 1. The second kappa shape index (κ2) is 6.86. The van der Waals surface area contributed by atoms with Gasteiger partial charge in [-0.15, -0.1) is 0 Å². The molecule has 1 atom stereocenters. The van der Waals surface area contributed by atoms with Crippen molar-refractivity contribution in [2.75, 3.05) is 13.1 Å². The maximum absolute atomic E-state index is 12.8. The molecule has 1 saturated heterocycles. The Morgan fingerprint density at radius 2 is 2.00 bits per heavy atom. The molecule has 0 bridgehead atoms. The van der Waals surface area contributed by atoms with E-state index in [1.165, 1.54) is 6.92 Å². The second-order valence-electron chi connectivity index (χ2n) is 6.75. The van der Waals surface area contributed by atoms with Gasteiger partial charge in [-0.3, -0.25) is 9.69 Å². The summed E-state index contributed by atoms with van der Waals surface area (Å²) in [5.74, 6) is -0.806. The van der Waals surface area contributed by atoms with Crippen LogP contribution < -0.4 is 5.32 Å². The molecule has 2 fully saturated rings. The number of nitrogens with zero attached hydrogens (tertiary/aromatic N) is 3. The Labute approximate surface area is 156 Å². The minimum atomic E-state index is -1.06. The Hall–Kier alpha value is -3.16. The first-order chi connectivity index (χ1) is 13.0. The van der Waals surface area contributed by atoms with Crippen LogP contribution in [0.1, 0.15) is 41.9 Å². The number of amides is 3. The highest BCUT2D eigenvalue weighted by atomic mass is 16.5. The number of benzene rings is 1. The van der Waals surface area contributed by atoms with Gasteiger partial charge < -0.3 is 10.1 Å². The van der Waals surface area contributed by atoms with Crippen LogP contribution >= 0.6 is 0 Å². The molecule has 8 nitrogen and oxygen atoms in total. The lowest BCUT2D eigenvalue weighted by Gasteiger charge is -2.18. The molecule has 140 valence electrons. The van der Waals surface area contributed by atoms with E-state index in [1.54, 1.807) is 10.7 Å². The molecular formula is C19H20N4O4. The molecule has 2 aliphatic rings. The number of para-hydroxylation sites is 1. The Bertz CT molecular complexity index is 888. The zero-order chi connectivity index (χ0) is 19.0. The maximum Gasteiger partial charge on any atom is 0.357 e. The summed E-state index contributed by atoms with van der Waals surface area (Å²) in [6, 6.07) is 10.6. The largest absolute Gasteiger partial charge is 0.448 e. The molecular weight excluding hydrogens is 348 g/mol. The maximum atomic E-state index is 12.8. The molecule has 0 radical (unpaired) electrons. The molecule has 1 unspecified atom stereocenters. The molecule has 1 aromatic heterocycles. The Morgan fingerprint density at radius 3 is 2.63 bits per heavy atom. The summed E-state index contributed by atoms with van der Waals surface area (Å²) in [6.07, 6.45) is 1.04. The molecule has 8 heteroatoms. The second-order valence-corrected chi connectivity index (χ2v) is 6.75. The molecule has 1 saturated carbocycles. The van der Waals surface area contributed by atoms with Crippen LogP contribution in [0.2, 0.25) is 0 Å². The van der Waals surface area contributed by atoms with Crippen molar-refractivity contribution in [1.82, 2.24) is 20.0 Å². The van der Waals surface area contributed by atoms with E-state index in [4.69, 9.17) is 4.74 Å². The third-order valence-electron chi connectivity index (χ3n) is 4.69. The van der Waals surface area contributed by atoms with Gasteiger partial charge in [-0.05, 0) is 38.0 Å². The number of imide groups is 1. The number of esters is 1. The number of aromatic nitrogens is 2. The normalized spacial score (nSPS) is 17.5. The highest BCUT2D eigenvalue weighted by Gasteiger charge is 2.33. The minimum Gasteiger partial charge on any atom is -0.448 e. The molecule has 0 spiro atoms. The third-order valence-corrected chi connectivity index (χ3v) is 4.69. The van der Waals surface area contributed by atoms with E-state index < -0.39 is 24.0 Å². The average molecular weight is 368 g/mol. The van der Waals surface area contributed by atoms with Gasteiger partial charge in [0.05, 0.1) is 11.4 Å². The summed E-state index contributed by atoms with van der Waals surface area (Å²) in [5, 5.41) is 7.12. The summed E-state index contributed by atoms with van der Waals surface area (Å²) >= 11 is 0. The van der Waals surface area contributed by atoms with Crippen LogP contribution in [0, 0.1) is 0 Å². The van der Waals surface area contributed by atoms with Gasteiger partial charge in [0, 0.05) is 19.0 Å². The highest BCUT2D eigenvalue weighted by Crippen LogP contribution is 2.39. The molecule has 1 aliphatic heterocycles. The third kappa shape index (κ3) is 3.42. The van der Waals surface area contributed by atoms with Crippen molar-refractivity contribution < 1.29 is 19.1 Å². The summed E-state index contributed by atoms with van der Waals surface area (Å²) in [6.45, 7) is 2.14. The van der Waals surface area contributed by atoms with Crippen LogP contribution in [-0.2, 0) is 9.53 Å². The van der Waals surface area contributed by atoms with Gasteiger partial charge in [0.2, 0.25) is 0 Å². The van der Waals surface area contributed by atoms with Gasteiger partial charge in [-0.2, -0.15) is 5.10 Å². The van der Waals surface area contributed by atoms with Crippen LogP contribution in [0.25, 0.3) is 5.69 Å². The minimum absolute atomic E-state index is 0.271. The molecule has 2 heterocycles. The zero-order valence-electron chi connectivity index (χ0n) is 14.9. The molecule has 4 rings (SSSR count). The van der Waals surface area contributed by atoms with Gasteiger partial charge in [0.25, 0.3) is 5.91 Å². The lowest BCUT2D eigenvalue weighted by molar-refractivity contribution is -0.136. The number of ether oxygens (including phenoxy) is 1. The van der Waals surface area contributed by atoms with Crippen LogP contribution in [0.4, 0.5) is 4.79 Å². The molecule has 1 aliphatic carbocycles. The lowest BCUT2D eigenvalue weighted by atomic mass is 10.2. The number of hydrogen-bond donors (Lipinski definition) is 1. The van der Waals surface area contributed by atoms with E-state index >= 15 is 0 Å². The Morgan fingerprint density at radius 1 is 1.26 bits per heavy atom. The number of urea groups is 1. The predicted octanol–water partition coefficient (Wildman–Crippen LogP) is 1.85. The van der Waals surface area contributed by atoms with E-state index in [0.29, 0.717) is 12.5 Å². The summed E-state index contributed by atoms with van der Waals surface area (Å²) in [5.41, 5.74) is 1.87. The fourth-order valence-electron chi connectivity index (χ4n) is 3.06. The topological polar surface area (TPSA) is 93.5 Å². The first-order valence-electron chi connectivity index (χ1n) is 9.00. The SMILES string of the molecule is CC(OC(=O)c1cc(C2CC2)nn1-c1ccccc1)C(=O)N1CCNC1=O. The molecule has 1 aromatic carbocycles. The van der Waals surface area contributed by atoms with Crippen molar-refractivity contribution in [3.8, 4) is 5.69 Å². The lowest BCUT2D eigenvalue weighted by Crippen LogP contribution is -2.42. The Kier molecular flexibility index (Phi) is 4.39. The van der Waals surface area contributed by atoms with Crippen molar-refractivity contribution in [3.05, 3.63) is 47.8 Å². The van der Waals surface area contributed by atoms with Crippen molar-refractivity contribution in [2.45, 2.75) is 31.8 Å². The summed E-state index contributed by atoms with van der Waals surface area (Å²) in [7, 11) is 0. The van der Waals surface area contributed by atoms with Gasteiger partial charge in [0.15, 0.2) is 11.8 Å². The van der Waals surface area contributed by atoms with Gasteiger partial charge in [-0.1, -0.05) is 18.2 Å². The predicted molar refractivity (Wildman–Crippen MR) is 95.5 cm³/mol. The van der Waals surface area contributed by atoms with E-state index in [-0.39, 0.29) is 12.2 Å². The molecule has 27 heavy (non-hydrogen) atoms.